The van der Waals surface area contributed by atoms with Gasteiger partial charge in [-0.25, -0.2) is 4.79 Å². The summed E-state index contributed by atoms with van der Waals surface area (Å²) >= 11 is 0. The number of para-hydroxylation sites is 1. The highest BCUT2D eigenvalue weighted by molar-refractivity contribution is 5.70. The monoisotopic (exact) mass is 290 g/mol. The molecule has 1 spiro atoms. The van der Waals surface area contributed by atoms with Crippen LogP contribution in [-0.4, -0.2) is 61.3 Å². The predicted octanol–water partition coefficient (Wildman–Crippen LogP) is 1.98. The third-order valence-electron chi connectivity index (χ3n) is 4.31. The van der Waals surface area contributed by atoms with Crippen molar-refractivity contribution >= 4 is 6.09 Å². The Kier molecular flexibility index (Phi) is 4.01. The van der Waals surface area contributed by atoms with E-state index in [1.54, 1.807) is 4.90 Å². The molecule has 2 aliphatic rings. The molecule has 3 rings (SSSR count). The molecule has 1 aromatic carbocycles. The summed E-state index contributed by atoms with van der Waals surface area (Å²) in [6.45, 7) is 3.74. The maximum atomic E-state index is 12.0. The number of amides is 1. The van der Waals surface area contributed by atoms with Gasteiger partial charge in [-0.15, -0.1) is 0 Å². The molecule has 0 aliphatic carbocycles. The van der Waals surface area contributed by atoms with Gasteiger partial charge in [0.1, 0.15) is 18.0 Å². The fraction of sp³-hybridized carbons (Fsp3) is 0.562. The molecule has 1 aromatic rings. The molecule has 2 fully saturated rings. The summed E-state index contributed by atoms with van der Waals surface area (Å²) in [6, 6.07) is 9.66. The van der Waals surface area contributed by atoms with Gasteiger partial charge in [-0.1, -0.05) is 18.2 Å². The van der Waals surface area contributed by atoms with E-state index in [-0.39, 0.29) is 11.7 Å². The van der Waals surface area contributed by atoms with Gasteiger partial charge in [-0.05, 0) is 19.2 Å². The van der Waals surface area contributed by atoms with Crippen LogP contribution < -0.4 is 4.74 Å². The molecule has 114 valence electrons. The van der Waals surface area contributed by atoms with Crippen LogP contribution in [0.2, 0.25) is 0 Å². The van der Waals surface area contributed by atoms with Crippen LogP contribution in [0.4, 0.5) is 4.79 Å². The van der Waals surface area contributed by atoms with Gasteiger partial charge in [0.15, 0.2) is 0 Å². The highest BCUT2D eigenvalue weighted by Crippen LogP contribution is 2.32. The van der Waals surface area contributed by atoms with Crippen molar-refractivity contribution in [3.8, 4) is 5.75 Å². The summed E-state index contributed by atoms with van der Waals surface area (Å²) in [6.07, 6.45) is 1.65. The molecule has 0 N–H and O–H groups in total. The van der Waals surface area contributed by atoms with E-state index in [9.17, 15) is 4.79 Å². The first-order valence-electron chi connectivity index (χ1n) is 7.51. The van der Waals surface area contributed by atoms with Gasteiger partial charge in [0.25, 0.3) is 0 Å². The van der Waals surface area contributed by atoms with Crippen molar-refractivity contribution in [1.29, 1.82) is 0 Å². The van der Waals surface area contributed by atoms with E-state index in [4.69, 9.17) is 9.47 Å². The van der Waals surface area contributed by atoms with Gasteiger partial charge in [0, 0.05) is 25.9 Å². The normalized spacial score (nSPS) is 21.6. The first-order valence-corrected chi connectivity index (χ1v) is 7.51. The Morgan fingerprint density at radius 3 is 2.67 bits per heavy atom. The van der Waals surface area contributed by atoms with Crippen LogP contribution in [0.25, 0.3) is 0 Å². The average molecular weight is 290 g/mol. The van der Waals surface area contributed by atoms with Gasteiger partial charge in [-0.3, -0.25) is 0 Å². The summed E-state index contributed by atoms with van der Waals surface area (Å²) in [5, 5.41) is 0. The zero-order chi connectivity index (χ0) is 14.7. The molecule has 0 radical (unpaired) electrons. The predicted molar refractivity (Wildman–Crippen MR) is 79.5 cm³/mol. The van der Waals surface area contributed by atoms with Crippen LogP contribution in [-0.2, 0) is 4.74 Å². The van der Waals surface area contributed by atoms with Crippen molar-refractivity contribution in [1.82, 2.24) is 9.80 Å². The van der Waals surface area contributed by atoms with E-state index in [1.165, 1.54) is 0 Å². The van der Waals surface area contributed by atoms with Crippen molar-refractivity contribution in [3.63, 3.8) is 0 Å². The number of piperidine rings is 1. The Hall–Kier alpha value is -1.75. The fourth-order valence-corrected chi connectivity index (χ4v) is 2.94. The Bertz CT molecular complexity index is 484. The van der Waals surface area contributed by atoms with Crippen molar-refractivity contribution in [2.24, 2.45) is 0 Å². The number of rotatable bonds is 4. The third-order valence-corrected chi connectivity index (χ3v) is 4.31. The minimum Gasteiger partial charge on any atom is -0.492 e. The lowest BCUT2D eigenvalue weighted by atomic mass is 9.92. The molecular formula is C16H22N2O3. The van der Waals surface area contributed by atoms with Gasteiger partial charge in [0.2, 0.25) is 0 Å². The van der Waals surface area contributed by atoms with Crippen LogP contribution in [0.3, 0.4) is 0 Å². The number of benzene rings is 1. The van der Waals surface area contributed by atoms with Crippen molar-refractivity contribution in [3.05, 3.63) is 30.3 Å². The minimum absolute atomic E-state index is 0.198. The van der Waals surface area contributed by atoms with E-state index in [0.29, 0.717) is 19.7 Å². The Morgan fingerprint density at radius 1 is 1.24 bits per heavy atom. The van der Waals surface area contributed by atoms with E-state index in [2.05, 4.69) is 11.9 Å². The number of carbonyl (C=O) groups excluding carboxylic acids is 1. The van der Waals surface area contributed by atoms with Crippen molar-refractivity contribution in [2.75, 3.05) is 39.8 Å². The SMILES string of the molecule is CN1CCC2(CC1)CN(CCOc1ccccc1)C(=O)O2. The average Bonchev–Trinajstić information content (AvgIpc) is 2.80. The maximum Gasteiger partial charge on any atom is 0.410 e. The minimum atomic E-state index is -0.268. The summed E-state index contributed by atoms with van der Waals surface area (Å²) in [7, 11) is 2.11. The quantitative estimate of drug-likeness (QED) is 0.850. The number of carbonyl (C=O) groups is 1. The lowest BCUT2D eigenvalue weighted by Gasteiger charge is -2.35. The molecule has 0 unspecified atom stereocenters. The summed E-state index contributed by atoms with van der Waals surface area (Å²) in [5.74, 6) is 0.832. The molecule has 0 atom stereocenters. The second-order valence-electron chi connectivity index (χ2n) is 5.94. The van der Waals surface area contributed by atoms with E-state index < -0.39 is 0 Å². The molecule has 1 amide bonds. The number of likely N-dealkylation sites (tertiary alicyclic amines) is 1. The van der Waals surface area contributed by atoms with Gasteiger partial charge >= 0.3 is 6.09 Å². The number of hydrogen-bond acceptors (Lipinski definition) is 4. The number of nitrogens with zero attached hydrogens (tertiary/aromatic N) is 2. The number of hydrogen-bond donors (Lipinski definition) is 0. The smallest absolute Gasteiger partial charge is 0.410 e. The highest BCUT2D eigenvalue weighted by Gasteiger charge is 2.46. The molecular weight excluding hydrogens is 268 g/mol. The summed E-state index contributed by atoms with van der Waals surface area (Å²) in [4.78, 5) is 16.1. The van der Waals surface area contributed by atoms with Crippen LogP contribution in [0.15, 0.2) is 30.3 Å². The van der Waals surface area contributed by atoms with Crippen LogP contribution >= 0.6 is 0 Å². The lowest BCUT2D eigenvalue weighted by molar-refractivity contribution is 0.00657. The first kappa shape index (κ1) is 14.2. The van der Waals surface area contributed by atoms with E-state index >= 15 is 0 Å². The molecule has 5 heteroatoms. The molecule has 2 aliphatic heterocycles. The second-order valence-corrected chi connectivity index (χ2v) is 5.94. The molecule has 2 saturated heterocycles. The molecule has 0 aromatic heterocycles. The number of ether oxygens (including phenoxy) is 2. The molecule has 0 saturated carbocycles. The third kappa shape index (κ3) is 3.29. The van der Waals surface area contributed by atoms with Gasteiger partial charge < -0.3 is 19.3 Å². The van der Waals surface area contributed by atoms with Gasteiger partial charge in [-0.2, -0.15) is 0 Å². The maximum absolute atomic E-state index is 12.0. The van der Waals surface area contributed by atoms with Crippen molar-refractivity contribution < 1.29 is 14.3 Å². The Balaban J connectivity index is 1.49. The molecule has 2 heterocycles. The first-order chi connectivity index (χ1) is 10.2. The van der Waals surface area contributed by atoms with Gasteiger partial charge in [0.05, 0.1) is 13.1 Å². The molecule has 5 nitrogen and oxygen atoms in total. The van der Waals surface area contributed by atoms with Crippen LogP contribution in [0.1, 0.15) is 12.8 Å². The second kappa shape index (κ2) is 5.93. The summed E-state index contributed by atoms with van der Waals surface area (Å²) in [5.41, 5.74) is -0.268. The Morgan fingerprint density at radius 2 is 1.95 bits per heavy atom. The van der Waals surface area contributed by atoms with Crippen LogP contribution in [0, 0.1) is 0 Å². The van der Waals surface area contributed by atoms with E-state index in [1.807, 2.05) is 30.3 Å². The molecule has 0 bridgehead atoms. The van der Waals surface area contributed by atoms with Crippen LogP contribution in [0.5, 0.6) is 5.75 Å². The van der Waals surface area contributed by atoms with E-state index in [0.717, 1.165) is 31.7 Å². The Labute approximate surface area is 125 Å². The summed E-state index contributed by atoms with van der Waals surface area (Å²) < 4.78 is 11.3. The molecule has 21 heavy (non-hydrogen) atoms. The largest absolute Gasteiger partial charge is 0.492 e. The zero-order valence-corrected chi connectivity index (χ0v) is 12.5. The highest BCUT2D eigenvalue weighted by atomic mass is 16.6. The standard InChI is InChI=1S/C16H22N2O3/c1-17-9-7-16(8-10-17)13-18(15(19)21-16)11-12-20-14-5-3-2-4-6-14/h2-6H,7-13H2,1H3. The zero-order valence-electron chi connectivity index (χ0n) is 12.5. The fourth-order valence-electron chi connectivity index (χ4n) is 2.94. The topological polar surface area (TPSA) is 42.0 Å². The van der Waals surface area contributed by atoms with Crippen molar-refractivity contribution in [2.45, 2.75) is 18.4 Å². The lowest BCUT2D eigenvalue weighted by Crippen LogP contribution is -2.45.